The van der Waals surface area contributed by atoms with Crippen LogP contribution < -0.4 is 5.73 Å². The Labute approximate surface area is 82.8 Å². The molecule has 0 fully saturated rings. The van der Waals surface area contributed by atoms with Crippen LogP contribution in [0.3, 0.4) is 0 Å². The molecule has 2 nitrogen and oxygen atoms in total. The molecule has 0 aliphatic rings. The van der Waals surface area contributed by atoms with Gasteiger partial charge in [-0.25, -0.2) is 0 Å². The Hall–Kier alpha value is -0.0800. The van der Waals surface area contributed by atoms with Gasteiger partial charge in [-0.3, -0.25) is 0 Å². The highest BCUT2D eigenvalue weighted by atomic mass is 16.5. The molecule has 0 aliphatic heterocycles. The van der Waals surface area contributed by atoms with Crippen LogP contribution in [-0.4, -0.2) is 19.3 Å². The fourth-order valence-electron chi connectivity index (χ4n) is 1.67. The third-order valence-electron chi connectivity index (χ3n) is 2.96. The van der Waals surface area contributed by atoms with Gasteiger partial charge < -0.3 is 10.5 Å². The summed E-state index contributed by atoms with van der Waals surface area (Å²) in [6, 6.07) is 0.354. The van der Waals surface area contributed by atoms with Crippen LogP contribution >= 0.6 is 0 Å². The van der Waals surface area contributed by atoms with Gasteiger partial charge in [-0.2, -0.15) is 0 Å². The van der Waals surface area contributed by atoms with Gasteiger partial charge in [-0.1, -0.05) is 26.7 Å². The number of nitrogens with two attached hydrogens (primary N) is 1. The molecule has 0 aromatic carbocycles. The first-order valence-electron chi connectivity index (χ1n) is 5.44. The van der Waals surface area contributed by atoms with Crippen molar-refractivity contribution in [1.82, 2.24) is 0 Å². The minimum Gasteiger partial charge on any atom is -0.382 e. The van der Waals surface area contributed by atoms with Gasteiger partial charge in [-0.05, 0) is 25.7 Å². The van der Waals surface area contributed by atoms with E-state index < -0.39 is 0 Å². The number of hydrogen-bond acceptors (Lipinski definition) is 2. The van der Waals surface area contributed by atoms with Gasteiger partial charge in [0.2, 0.25) is 0 Å². The summed E-state index contributed by atoms with van der Waals surface area (Å²) in [5.74, 6) is 0.684. The average molecular weight is 187 g/mol. The number of rotatable bonds is 7. The van der Waals surface area contributed by atoms with E-state index in [0.717, 1.165) is 12.8 Å². The van der Waals surface area contributed by atoms with Gasteiger partial charge in [0.15, 0.2) is 0 Å². The Balaban J connectivity index is 3.65. The van der Waals surface area contributed by atoms with Gasteiger partial charge in [0.1, 0.15) is 0 Å². The summed E-state index contributed by atoms with van der Waals surface area (Å²) in [5, 5.41) is 0. The van der Waals surface area contributed by atoms with E-state index in [0.29, 0.717) is 18.1 Å². The van der Waals surface area contributed by atoms with Gasteiger partial charge >= 0.3 is 0 Å². The van der Waals surface area contributed by atoms with E-state index in [4.69, 9.17) is 10.5 Å². The summed E-state index contributed by atoms with van der Waals surface area (Å²) >= 11 is 0. The van der Waals surface area contributed by atoms with Crippen LogP contribution in [0.4, 0.5) is 0 Å². The predicted molar refractivity (Wildman–Crippen MR) is 57.8 cm³/mol. The molecule has 0 rings (SSSR count). The highest BCUT2D eigenvalue weighted by Crippen LogP contribution is 2.16. The lowest BCUT2D eigenvalue weighted by atomic mass is 9.91. The fourth-order valence-corrected chi connectivity index (χ4v) is 1.67. The van der Waals surface area contributed by atoms with Crippen LogP contribution in [0.5, 0.6) is 0 Å². The molecule has 13 heavy (non-hydrogen) atoms. The second-order valence-electron chi connectivity index (χ2n) is 3.86. The van der Waals surface area contributed by atoms with E-state index in [1.54, 1.807) is 7.11 Å². The van der Waals surface area contributed by atoms with Gasteiger partial charge in [0, 0.05) is 13.2 Å². The molecule has 0 heterocycles. The highest BCUT2D eigenvalue weighted by molar-refractivity contribution is 4.71. The maximum atomic E-state index is 6.09. The highest BCUT2D eigenvalue weighted by Gasteiger charge is 2.14. The van der Waals surface area contributed by atoms with Crippen LogP contribution in [0.2, 0.25) is 0 Å². The molecular weight excluding hydrogens is 162 g/mol. The number of hydrogen-bond donors (Lipinski definition) is 1. The number of methoxy groups -OCH3 is 1. The van der Waals surface area contributed by atoms with Gasteiger partial charge in [-0.15, -0.1) is 0 Å². The zero-order valence-corrected chi connectivity index (χ0v) is 9.55. The van der Waals surface area contributed by atoms with E-state index in [1.165, 1.54) is 12.8 Å². The average Bonchev–Trinajstić information content (AvgIpc) is 2.16. The van der Waals surface area contributed by atoms with Crippen molar-refractivity contribution in [3.63, 3.8) is 0 Å². The Morgan fingerprint density at radius 2 is 1.69 bits per heavy atom. The van der Waals surface area contributed by atoms with Gasteiger partial charge in [0.05, 0.1) is 6.10 Å². The lowest BCUT2D eigenvalue weighted by molar-refractivity contribution is 0.105. The first-order chi connectivity index (χ1) is 6.15. The maximum absolute atomic E-state index is 6.09. The van der Waals surface area contributed by atoms with Crippen molar-refractivity contribution < 1.29 is 4.74 Å². The van der Waals surface area contributed by atoms with Crippen molar-refractivity contribution in [3.8, 4) is 0 Å². The van der Waals surface area contributed by atoms with Crippen molar-refractivity contribution in [3.05, 3.63) is 0 Å². The zero-order valence-electron chi connectivity index (χ0n) is 9.55. The normalized spacial score (nSPS) is 16.2. The molecule has 0 aliphatic carbocycles. The third kappa shape index (κ3) is 5.27. The Kier molecular flexibility index (Phi) is 7.29. The largest absolute Gasteiger partial charge is 0.382 e. The van der Waals surface area contributed by atoms with Crippen LogP contribution in [0.1, 0.15) is 46.5 Å². The Morgan fingerprint density at radius 1 is 1.15 bits per heavy atom. The van der Waals surface area contributed by atoms with Crippen LogP contribution in [0, 0.1) is 5.92 Å². The topological polar surface area (TPSA) is 35.2 Å². The molecule has 0 bridgehead atoms. The summed E-state index contributed by atoms with van der Waals surface area (Å²) in [6.45, 7) is 6.53. The van der Waals surface area contributed by atoms with E-state index >= 15 is 0 Å². The molecule has 2 unspecified atom stereocenters. The molecule has 0 aromatic rings. The first-order valence-corrected chi connectivity index (χ1v) is 5.44. The smallest absolute Gasteiger partial charge is 0.0543 e. The van der Waals surface area contributed by atoms with Crippen molar-refractivity contribution in [2.75, 3.05) is 7.11 Å². The molecule has 0 radical (unpaired) electrons. The van der Waals surface area contributed by atoms with Crippen LogP contribution in [-0.2, 0) is 4.74 Å². The Morgan fingerprint density at radius 3 is 2.08 bits per heavy atom. The number of ether oxygens (including phenoxy) is 1. The quantitative estimate of drug-likeness (QED) is 0.665. The molecule has 80 valence electrons. The molecule has 0 saturated carbocycles. The summed E-state index contributed by atoms with van der Waals surface area (Å²) in [5.41, 5.74) is 6.09. The lowest BCUT2D eigenvalue weighted by Gasteiger charge is -2.22. The SMILES string of the molecule is CCC(CC)C(N)CCC(C)OC. The van der Waals surface area contributed by atoms with Crippen LogP contribution in [0.25, 0.3) is 0 Å². The molecule has 2 N–H and O–H groups in total. The van der Waals surface area contributed by atoms with E-state index in [9.17, 15) is 0 Å². The Bertz CT molecular complexity index is 113. The van der Waals surface area contributed by atoms with Crippen molar-refractivity contribution in [2.24, 2.45) is 11.7 Å². The first kappa shape index (κ1) is 12.9. The summed E-state index contributed by atoms with van der Waals surface area (Å²) in [4.78, 5) is 0. The van der Waals surface area contributed by atoms with Crippen molar-refractivity contribution in [1.29, 1.82) is 0 Å². The zero-order chi connectivity index (χ0) is 10.3. The summed E-state index contributed by atoms with van der Waals surface area (Å²) in [6.07, 6.45) is 4.90. The molecule has 0 saturated heterocycles. The van der Waals surface area contributed by atoms with Gasteiger partial charge in [0.25, 0.3) is 0 Å². The monoisotopic (exact) mass is 187 g/mol. The van der Waals surface area contributed by atoms with E-state index in [-0.39, 0.29) is 0 Å². The summed E-state index contributed by atoms with van der Waals surface area (Å²) < 4.78 is 5.19. The molecule has 2 atom stereocenters. The maximum Gasteiger partial charge on any atom is 0.0543 e. The van der Waals surface area contributed by atoms with Crippen LogP contribution in [0.15, 0.2) is 0 Å². The van der Waals surface area contributed by atoms with E-state index in [2.05, 4.69) is 20.8 Å². The van der Waals surface area contributed by atoms with Crippen molar-refractivity contribution >= 4 is 0 Å². The molecule has 2 heteroatoms. The van der Waals surface area contributed by atoms with Crippen molar-refractivity contribution in [2.45, 2.75) is 58.6 Å². The molecule has 0 spiro atoms. The molecular formula is C11H25NO. The summed E-state index contributed by atoms with van der Waals surface area (Å²) in [7, 11) is 1.76. The van der Waals surface area contributed by atoms with E-state index in [1.807, 2.05) is 0 Å². The minimum atomic E-state index is 0.348. The lowest BCUT2D eigenvalue weighted by Crippen LogP contribution is -2.30. The predicted octanol–water partition coefficient (Wildman–Crippen LogP) is 2.57. The second-order valence-corrected chi connectivity index (χ2v) is 3.86. The fraction of sp³-hybridized carbons (Fsp3) is 1.00. The minimum absolute atomic E-state index is 0.348. The molecule has 0 amide bonds. The third-order valence-corrected chi connectivity index (χ3v) is 2.96. The standard InChI is InChI=1S/C11H25NO/c1-5-10(6-2)11(12)8-7-9(3)13-4/h9-11H,5-8,12H2,1-4H3. The molecule has 0 aromatic heterocycles. The second kappa shape index (κ2) is 7.34.